The molecule has 0 aliphatic heterocycles. The van der Waals surface area contributed by atoms with Crippen molar-refractivity contribution >= 4 is 30.3 Å². The summed E-state index contributed by atoms with van der Waals surface area (Å²) in [5.74, 6) is 0. The first kappa shape index (κ1) is 31.2. The van der Waals surface area contributed by atoms with Gasteiger partial charge in [-0.15, -0.1) is 33.7 Å². The maximum atomic E-state index is 2.42. The minimum absolute atomic E-state index is 0. The van der Waals surface area contributed by atoms with Crippen molar-refractivity contribution in [2.45, 2.75) is 58.8 Å². The van der Waals surface area contributed by atoms with Crippen molar-refractivity contribution in [1.29, 1.82) is 0 Å². The Labute approximate surface area is 267 Å². The van der Waals surface area contributed by atoms with E-state index in [4.69, 9.17) is 0 Å². The molecule has 0 nitrogen and oxygen atoms in total. The molecule has 0 saturated heterocycles. The third-order valence-electron chi connectivity index (χ3n) is 7.78. The van der Waals surface area contributed by atoms with E-state index in [9.17, 15) is 0 Å². The summed E-state index contributed by atoms with van der Waals surface area (Å²) in [7, 11) is 0. The van der Waals surface area contributed by atoms with E-state index >= 15 is 0 Å². The normalized spacial score (nSPS) is 13.0. The molecule has 0 fully saturated rings. The number of hydrogen-bond donors (Lipinski definition) is 0. The van der Waals surface area contributed by atoms with Gasteiger partial charge in [0, 0.05) is 0 Å². The molecule has 5 aromatic rings. The van der Waals surface area contributed by atoms with E-state index in [2.05, 4.69) is 157 Å². The number of fused-ring (bicyclic) bond motifs is 3. The summed E-state index contributed by atoms with van der Waals surface area (Å²) in [4.78, 5) is 0. The van der Waals surface area contributed by atoms with Gasteiger partial charge in [0.2, 0.25) is 0 Å². The molecule has 0 N–H and O–H groups in total. The molecule has 0 amide bonds. The van der Waals surface area contributed by atoms with Gasteiger partial charge in [-0.05, 0) is 17.3 Å². The van der Waals surface area contributed by atoms with Gasteiger partial charge in [-0.2, -0.15) is 0 Å². The number of hydrogen-bond acceptors (Lipinski definition) is 0. The van der Waals surface area contributed by atoms with Crippen LogP contribution in [0.2, 0.25) is 0 Å². The fourth-order valence-corrected chi connectivity index (χ4v) is 6.35. The number of benzene rings is 4. The van der Waals surface area contributed by atoms with Crippen molar-refractivity contribution in [3.63, 3.8) is 0 Å². The van der Waals surface area contributed by atoms with E-state index in [1.54, 1.807) is 0 Å². The van der Waals surface area contributed by atoms with Crippen LogP contribution < -0.4 is 12.4 Å². The monoisotopic (exact) mass is 632 g/mol. The summed E-state index contributed by atoms with van der Waals surface area (Å²) in [5, 5.41) is 5.54. The van der Waals surface area contributed by atoms with Gasteiger partial charge in [-0.25, -0.2) is 0 Å². The van der Waals surface area contributed by atoms with E-state index in [-0.39, 0.29) is 23.2 Å². The summed E-state index contributed by atoms with van der Waals surface area (Å²) >= 11 is 1.46. The maximum absolute atomic E-state index is 2.42. The van der Waals surface area contributed by atoms with Gasteiger partial charge in [0.05, 0.1) is 0 Å². The first-order valence-electron chi connectivity index (χ1n) is 14.3. The molecule has 0 saturated carbocycles. The Balaban J connectivity index is 0.000000219. The Morgan fingerprint density at radius 3 is 1.80 bits per heavy atom. The van der Waals surface area contributed by atoms with Crippen molar-refractivity contribution in [1.82, 2.24) is 0 Å². The predicted octanol–water partition coefficient (Wildman–Crippen LogP) is 7.46. The van der Waals surface area contributed by atoms with Crippen molar-refractivity contribution in [2.24, 2.45) is 0 Å². The Bertz CT molecular complexity index is 1680. The Morgan fingerprint density at radius 2 is 1.29 bits per heavy atom. The van der Waals surface area contributed by atoms with Gasteiger partial charge in [-0.3, -0.25) is 0 Å². The molecular formula is C39H39ClZr. The zero-order chi connectivity index (χ0) is 28.5. The van der Waals surface area contributed by atoms with Gasteiger partial charge in [0.1, 0.15) is 0 Å². The zero-order valence-corrected chi connectivity index (χ0v) is 28.3. The third kappa shape index (κ3) is 6.85. The second-order valence-electron chi connectivity index (χ2n) is 12.8. The molecule has 5 aromatic carbocycles. The molecule has 2 heteroatoms. The van der Waals surface area contributed by atoms with Crippen LogP contribution in [0.3, 0.4) is 0 Å². The van der Waals surface area contributed by atoms with Gasteiger partial charge >= 0.3 is 99.2 Å². The molecule has 0 bridgehead atoms. The van der Waals surface area contributed by atoms with Crippen LogP contribution in [0, 0.1) is 0 Å². The van der Waals surface area contributed by atoms with Gasteiger partial charge in [0.25, 0.3) is 0 Å². The topological polar surface area (TPSA) is 0 Å². The molecule has 0 aromatic heterocycles. The van der Waals surface area contributed by atoms with Crippen molar-refractivity contribution in [3.05, 3.63) is 143 Å². The summed E-state index contributed by atoms with van der Waals surface area (Å²) in [5.41, 5.74) is 8.72. The molecule has 0 atom stereocenters. The van der Waals surface area contributed by atoms with Crippen LogP contribution in [0.5, 0.6) is 0 Å². The molecule has 1 aliphatic rings. The molecular weight excluding hydrogens is 595 g/mol. The molecule has 0 radical (unpaired) electrons. The van der Waals surface area contributed by atoms with E-state index in [1.165, 1.54) is 82.4 Å². The summed E-state index contributed by atoms with van der Waals surface area (Å²) in [6.45, 7) is 13.8. The standard InChI is InChI=1S/C26H29.C13H10.ClH.Zr/c1-25(2,3)19-11-12-20-18(15-19)16-22-21(20)13-14-23(26(4,5)6)24(22)17-9-7-8-10-17;1-3-7-12(8-4-1)11-13-9-5-2-6-10-13;;/h7-9,11-16H,10H2,1-6H3;1-10H;1H;/q-1;;;+2/p-1. The third-order valence-corrected chi connectivity index (χ3v) is 9.20. The van der Waals surface area contributed by atoms with Crippen molar-refractivity contribution in [3.8, 4) is 0 Å². The Kier molecular flexibility index (Phi) is 9.63. The van der Waals surface area contributed by atoms with Crippen LogP contribution >= 0.6 is 0 Å². The van der Waals surface area contributed by atoms with Crippen LogP contribution in [0.15, 0.2) is 115 Å². The summed E-state index contributed by atoms with van der Waals surface area (Å²) < 4.78 is 1.42. The summed E-state index contributed by atoms with van der Waals surface area (Å²) in [6, 6.07) is 35.2. The average Bonchev–Trinajstić information content (AvgIpc) is 3.60. The van der Waals surface area contributed by atoms with Crippen LogP contribution in [0.4, 0.5) is 0 Å². The molecule has 41 heavy (non-hydrogen) atoms. The predicted molar refractivity (Wildman–Crippen MR) is 172 cm³/mol. The van der Waals surface area contributed by atoms with Crippen LogP contribution in [-0.2, 0) is 35.1 Å². The second kappa shape index (κ2) is 12.6. The SMILES string of the molecule is CC(C)(C)c1ccc2c(c1)[cH-]c1c(C3=CC=CC3)c(C(C)(C)C)ccc12.[Cl-].[Zr+2]=[C](c1ccccc1)c1ccccc1. The molecule has 0 heterocycles. The first-order chi connectivity index (χ1) is 19.0. The van der Waals surface area contributed by atoms with E-state index in [0.717, 1.165) is 6.42 Å². The quantitative estimate of drug-likeness (QED) is 0.181. The number of halogens is 1. The van der Waals surface area contributed by atoms with E-state index in [1.807, 2.05) is 0 Å². The van der Waals surface area contributed by atoms with Crippen molar-refractivity contribution < 1.29 is 36.6 Å². The fourth-order valence-electron chi connectivity index (χ4n) is 5.53. The van der Waals surface area contributed by atoms with Gasteiger partial charge in [0.15, 0.2) is 0 Å². The molecule has 0 spiro atoms. The van der Waals surface area contributed by atoms with Crippen LogP contribution in [-0.4, -0.2) is 3.21 Å². The fraction of sp³-hybridized carbons (Fsp3) is 0.231. The van der Waals surface area contributed by atoms with Gasteiger partial charge < -0.3 is 12.4 Å². The van der Waals surface area contributed by atoms with Crippen LogP contribution in [0.25, 0.3) is 27.1 Å². The molecule has 1 aliphatic carbocycles. The minimum atomic E-state index is 0. The molecule has 206 valence electrons. The second-order valence-corrected chi connectivity index (χ2v) is 14.1. The number of rotatable bonds is 3. The summed E-state index contributed by atoms with van der Waals surface area (Å²) in [6.07, 6.45) is 7.79. The van der Waals surface area contributed by atoms with Crippen LogP contribution in [0.1, 0.15) is 75.8 Å². The zero-order valence-electron chi connectivity index (χ0n) is 25.1. The molecule has 0 unspecified atom stereocenters. The Hall–Kier alpha value is -2.73. The average molecular weight is 634 g/mol. The molecule has 6 rings (SSSR count). The first-order valence-corrected chi connectivity index (χ1v) is 15.5. The van der Waals surface area contributed by atoms with Gasteiger partial charge in [-0.1, -0.05) is 106 Å². The Morgan fingerprint density at radius 1 is 0.707 bits per heavy atom. The van der Waals surface area contributed by atoms with E-state index < -0.39 is 0 Å². The van der Waals surface area contributed by atoms with E-state index in [0.29, 0.717) is 0 Å². The number of allylic oxidation sites excluding steroid dienone is 4. The van der Waals surface area contributed by atoms with Crippen molar-refractivity contribution in [2.75, 3.05) is 0 Å².